The van der Waals surface area contributed by atoms with Crippen molar-refractivity contribution in [1.29, 1.82) is 0 Å². The Morgan fingerprint density at radius 3 is 2.47 bits per heavy atom. The van der Waals surface area contributed by atoms with Gasteiger partial charge in [-0.05, 0) is 31.2 Å². The zero-order valence-corrected chi connectivity index (χ0v) is 11.9. The molecule has 0 aliphatic heterocycles. The molecule has 0 amide bonds. The summed E-state index contributed by atoms with van der Waals surface area (Å²) in [5, 5.41) is 0. The summed E-state index contributed by atoms with van der Waals surface area (Å²) >= 11 is 3.19. The molecule has 0 unspecified atom stereocenters. The molecule has 0 saturated heterocycles. The Balaban J connectivity index is 2.18. The van der Waals surface area contributed by atoms with Crippen molar-refractivity contribution in [3.8, 4) is 0 Å². The van der Waals surface area contributed by atoms with Gasteiger partial charge < -0.3 is 0 Å². The standard InChI is InChI=1S/C16H12BrFO/c1-11-2-4-13(5-3-11)16(19)9-7-12-6-8-14(17)10-15(12)18/h2-10H,1H3/b9-7+. The molecule has 0 heterocycles. The molecule has 0 saturated carbocycles. The smallest absolute Gasteiger partial charge is 0.185 e. The van der Waals surface area contributed by atoms with Gasteiger partial charge in [-0.2, -0.15) is 0 Å². The Kier molecular flexibility index (Phi) is 4.27. The molecule has 0 atom stereocenters. The van der Waals surface area contributed by atoms with E-state index < -0.39 is 0 Å². The van der Waals surface area contributed by atoms with Gasteiger partial charge in [0.2, 0.25) is 0 Å². The molecule has 3 heteroatoms. The highest BCUT2D eigenvalue weighted by atomic mass is 79.9. The summed E-state index contributed by atoms with van der Waals surface area (Å²) in [5.41, 5.74) is 2.09. The van der Waals surface area contributed by atoms with Gasteiger partial charge in [0, 0.05) is 15.6 Å². The Bertz CT molecular complexity index is 630. The number of carbonyl (C=O) groups is 1. The van der Waals surface area contributed by atoms with Crippen molar-refractivity contribution in [3.63, 3.8) is 0 Å². The van der Waals surface area contributed by atoms with E-state index in [0.29, 0.717) is 15.6 Å². The first-order valence-corrected chi connectivity index (χ1v) is 6.60. The first-order chi connectivity index (χ1) is 9.06. The van der Waals surface area contributed by atoms with Gasteiger partial charge in [-0.15, -0.1) is 0 Å². The summed E-state index contributed by atoms with van der Waals surface area (Å²) < 4.78 is 14.2. The molecule has 0 spiro atoms. The Hall–Kier alpha value is -1.74. The van der Waals surface area contributed by atoms with Gasteiger partial charge in [-0.3, -0.25) is 4.79 Å². The number of rotatable bonds is 3. The van der Waals surface area contributed by atoms with E-state index in [0.717, 1.165) is 5.56 Å². The van der Waals surface area contributed by atoms with Crippen LogP contribution in [0, 0.1) is 12.7 Å². The van der Waals surface area contributed by atoms with E-state index in [1.165, 1.54) is 18.2 Å². The van der Waals surface area contributed by atoms with Gasteiger partial charge in [0.15, 0.2) is 5.78 Å². The van der Waals surface area contributed by atoms with Crippen LogP contribution in [0.4, 0.5) is 4.39 Å². The topological polar surface area (TPSA) is 17.1 Å². The number of ketones is 1. The number of benzene rings is 2. The van der Waals surface area contributed by atoms with Gasteiger partial charge in [-0.1, -0.05) is 51.8 Å². The van der Waals surface area contributed by atoms with Gasteiger partial charge in [0.25, 0.3) is 0 Å². The van der Waals surface area contributed by atoms with E-state index in [1.54, 1.807) is 24.3 Å². The third-order valence-electron chi connectivity index (χ3n) is 2.71. The molecule has 1 nitrogen and oxygen atoms in total. The number of hydrogen-bond acceptors (Lipinski definition) is 1. The second-order valence-electron chi connectivity index (χ2n) is 4.23. The molecule has 0 aliphatic rings. The quantitative estimate of drug-likeness (QED) is 0.587. The van der Waals surface area contributed by atoms with E-state index >= 15 is 0 Å². The Labute approximate surface area is 119 Å². The third-order valence-corrected chi connectivity index (χ3v) is 3.21. The second kappa shape index (κ2) is 5.93. The molecule has 2 aromatic carbocycles. The number of halogens is 2. The molecule has 0 radical (unpaired) electrons. The van der Waals surface area contributed by atoms with Gasteiger partial charge >= 0.3 is 0 Å². The lowest BCUT2D eigenvalue weighted by atomic mass is 10.1. The molecule has 0 aromatic heterocycles. The van der Waals surface area contributed by atoms with Crippen LogP contribution in [0.25, 0.3) is 6.08 Å². The van der Waals surface area contributed by atoms with Crippen molar-refractivity contribution >= 4 is 27.8 Å². The lowest BCUT2D eigenvalue weighted by molar-refractivity contribution is 0.104. The minimum Gasteiger partial charge on any atom is -0.289 e. The summed E-state index contributed by atoms with van der Waals surface area (Å²) in [7, 11) is 0. The second-order valence-corrected chi connectivity index (χ2v) is 5.15. The van der Waals surface area contributed by atoms with Crippen molar-refractivity contribution < 1.29 is 9.18 Å². The van der Waals surface area contributed by atoms with E-state index in [-0.39, 0.29) is 11.6 Å². The fourth-order valence-corrected chi connectivity index (χ4v) is 1.95. The molecule has 2 aromatic rings. The molecule has 19 heavy (non-hydrogen) atoms. The highest BCUT2D eigenvalue weighted by molar-refractivity contribution is 9.10. The summed E-state index contributed by atoms with van der Waals surface area (Å²) in [4.78, 5) is 11.9. The van der Waals surface area contributed by atoms with Crippen LogP contribution in [0.2, 0.25) is 0 Å². The molecule has 0 bridgehead atoms. The first-order valence-electron chi connectivity index (χ1n) is 5.80. The van der Waals surface area contributed by atoms with Crippen LogP contribution in [0.3, 0.4) is 0 Å². The van der Waals surface area contributed by atoms with E-state index in [4.69, 9.17) is 0 Å². The molecule has 96 valence electrons. The van der Waals surface area contributed by atoms with Gasteiger partial charge in [0.1, 0.15) is 5.82 Å². The minimum atomic E-state index is -0.359. The predicted octanol–water partition coefficient (Wildman–Crippen LogP) is 4.79. The maximum absolute atomic E-state index is 13.6. The monoisotopic (exact) mass is 318 g/mol. The minimum absolute atomic E-state index is 0.137. The van der Waals surface area contributed by atoms with E-state index in [1.807, 2.05) is 19.1 Å². The van der Waals surface area contributed by atoms with Crippen LogP contribution < -0.4 is 0 Å². The average Bonchev–Trinajstić information content (AvgIpc) is 2.38. The molecule has 0 N–H and O–H groups in total. The van der Waals surface area contributed by atoms with Crippen molar-refractivity contribution in [3.05, 3.63) is 75.5 Å². The summed E-state index contributed by atoms with van der Waals surface area (Å²) in [6, 6.07) is 12.0. The average molecular weight is 319 g/mol. The van der Waals surface area contributed by atoms with Crippen LogP contribution in [-0.2, 0) is 0 Å². The molecule has 0 aliphatic carbocycles. The summed E-state index contributed by atoms with van der Waals surface area (Å²) in [6.07, 6.45) is 2.88. The van der Waals surface area contributed by atoms with Crippen molar-refractivity contribution in [2.24, 2.45) is 0 Å². The van der Waals surface area contributed by atoms with Crippen LogP contribution in [-0.4, -0.2) is 5.78 Å². The maximum Gasteiger partial charge on any atom is 0.185 e. The number of allylic oxidation sites excluding steroid dienone is 1. The lowest BCUT2D eigenvalue weighted by Crippen LogP contribution is -1.94. The molecule has 0 fully saturated rings. The zero-order valence-electron chi connectivity index (χ0n) is 10.4. The normalized spacial score (nSPS) is 10.9. The van der Waals surface area contributed by atoms with Crippen LogP contribution >= 0.6 is 15.9 Å². The third kappa shape index (κ3) is 3.61. The zero-order chi connectivity index (χ0) is 13.8. The Morgan fingerprint density at radius 1 is 1.16 bits per heavy atom. The number of hydrogen-bond donors (Lipinski definition) is 0. The van der Waals surface area contributed by atoms with Gasteiger partial charge in [0.05, 0.1) is 0 Å². The predicted molar refractivity (Wildman–Crippen MR) is 78.6 cm³/mol. The van der Waals surface area contributed by atoms with Crippen molar-refractivity contribution in [1.82, 2.24) is 0 Å². The van der Waals surface area contributed by atoms with Crippen molar-refractivity contribution in [2.75, 3.05) is 0 Å². The largest absolute Gasteiger partial charge is 0.289 e. The fraction of sp³-hybridized carbons (Fsp3) is 0.0625. The van der Waals surface area contributed by atoms with Crippen LogP contribution in [0.1, 0.15) is 21.5 Å². The summed E-state index contributed by atoms with van der Waals surface area (Å²) in [5.74, 6) is -0.496. The van der Waals surface area contributed by atoms with Gasteiger partial charge in [-0.25, -0.2) is 4.39 Å². The van der Waals surface area contributed by atoms with Crippen LogP contribution in [0.15, 0.2) is 53.0 Å². The highest BCUT2D eigenvalue weighted by Crippen LogP contribution is 2.16. The molecular weight excluding hydrogens is 307 g/mol. The SMILES string of the molecule is Cc1ccc(C(=O)/C=C/c2ccc(Br)cc2F)cc1. The fourth-order valence-electron chi connectivity index (χ4n) is 1.62. The molecule has 2 rings (SSSR count). The number of aryl methyl sites for hydroxylation is 1. The highest BCUT2D eigenvalue weighted by Gasteiger charge is 2.03. The molecular formula is C16H12BrFO. The lowest BCUT2D eigenvalue weighted by Gasteiger charge is -1.99. The Morgan fingerprint density at radius 2 is 1.84 bits per heavy atom. The van der Waals surface area contributed by atoms with Crippen LogP contribution in [0.5, 0.6) is 0 Å². The first kappa shape index (κ1) is 13.7. The van der Waals surface area contributed by atoms with E-state index in [2.05, 4.69) is 15.9 Å². The van der Waals surface area contributed by atoms with E-state index in [9.17, 15) is 9.18 Å². The maximum atomic E-state index is 13.6. The van der Waals surface area contributed by atoms with Crippen molar-refractivity contribution in [2.45, 2.75) is 6.92 Å². The summed E-state index contributed by atoms with van der Waals surface area (Å²) in [6.45, 7) is 1.96. The number of carbonyl (C=O) groups excluding carboxylic acids is 1.